The summed E-state index contributed by atoms with van der Waals surface area (Å²) in [5.41, 5.74) is 4.18. The molecule has 3 amide bonds. The second-order valence-electron chi connectivity index (χ2n) is 11.8. The minimum Gasteiger partial charge on any atom is -0.496 e. The van der Waals surface area contributed by atoms with Crippen molar-refractivity contribution in [3.63, 3.8) is 0 Å². The van der Waals surface area contributed by atoms with E-state index in [1.54, 1.807) is 18.9 Å². The monoisotopic (exact) mass is 682 g/mol. The van der Waals surface area contributed by atoms with Crippen molar-refractivity contribution in [3.05, 3.63) is 131 Å². The van der Waals surface area contributed by atoms with E-state index in [0.29, 0.717) is 12.2 Å². The van der Waals surface area contributed by atoms with Crippen LogP contribution in [-0.4, -0.2) is 52.9 Å². The number of methoxy groups -OCH3 is 1. The van der Waals surface area contributed by atoms with Crippen LogP contribution >= 0.6 is 11.8 Å². The summed E-state index contributed by atoms with van der Waals surface area (Å²) < 4.78 is 23.7. The molecular weight excluding hydrogens is 644 g/mol. The highest BCUT2D eigenvalue weighted by molar-refractivity contribution is 7.99. The molecule has 49 heavy (non-hydrogen) atoms. The van der Waals surface area contributed by atoms with E-state index in [2.05, 4.69) is 5.32 Å². The van der Waals surface area contributed by atoms with Gasteiger partial charge in [0.2, 0.25) is 5.91 Å². The second kappa shape index (κ2) is 16.1. The highest BCUT2D eigenvalue weighted by Crippen LogP contribution is 2.40. The summed E-state index contributed by atoms with van der Waals surface area (Å²) in [6, 6.07) is 31.3. The Kier molecular flexibility index (Phi) is 11.3. The average molecular weight is 683 g/mol. The fourth-order valence-corrected chi connectivity index (χ4v) is 6.82. The molecule has 6 rings (SSSR count). The normalized spacial score (nSPS) is 20.7. The van der Waals surface area contributed by atoms with Crippen LogP contribution in [0.5, 0.6) is 5.75 Å². The van der Waals surface area contributed by atoms with Gasteiger partial charge in [0.05, 0.1) is 38.9 Å². The number of amides is 3. The molecule has 0 bridgehead atoms. The molecule has 2 aliphatic heterocycles. The zero-order valence-corrected chi connectivity index (χ0v) is 27.8. The number of alkyl carbamates (subject to hydrolysis) is 1. The van der Waals surface area contributed by atoms with Crippen LogP contribution < -0.4 is 10.1 Å². The van der Waals surface area contributed by atoms with Crippen LogP contribution in [0, 0.1) is 0 Å². The number of hydrogen-bond donors (Lipinski definition) is 2. The molecule has 2 saturated heterocycles. The molecule has 4 aromatic rings. The third-order valence-corrected chi connectivity index (χ3v) is 9.64. The lowest BCUT2D eigenvalue weighted by atomic mass is 10.0. The Morgan fingerprint density at radius 2 is 1.57 bits per heavy atom. The predicted octanol–water partition coefficient (Wildman–Crippen LogP) is 6.08. The van der Waals surface area contributed by atoms with Gasteiger partial charge in [0, 0.05) is 22.6 Å². The SMILES string of the molecule is COc1ccccc1SCC1CC(c2ccc(CO)cc2)OC(c2ccc(CN3C(=O)CC(NC(=O)OCc4ccccc4)C3=O)cc2)O1. The van der Waals surface area contributed by atoms with Crippen molar-refractivity contribution in [2.75, 3.05) is 12.9 Å². The minimum atomic E-state index is -0.979. The highest BCUT2D eigenvalue weighted by atomic mass is 32.2. The van der Waals surface area contributed by atoms with E-state index in [9.17, 15) is 19.5 Å². The number of nitrogens with one attached hydrogen (secondary N) is 1. The number of aliphatic hydroxyl groups is 1. The molecule has 2 aliphatic rings. The summed E-state index contributed by atoms with van der Waals surface area (Å²) in [6.45, 7) is 0.0961. The maximum Gasteiger partial charge on any atom is 0.408 e. The Labute approximate surface area is 289 Å². The summed E-state index contributed by atoms with van der Waals surface area (Å²) in [6.07, 6.45) is -1.27. The van der Waals surface area contributed by atoms with Gasteiger partial charge in [-0.2, -0.15) is 0 Å². The zero-order chi connectivity index (χ0) is 34.2. The van der Waals surface area contributed by atoms with Gasteiger partial charge in [0.1, 0.15) is 18.4 Å². The van der Waals surface area contributed by atoms with Crippen molar-refractivity contribution >= 4 is 29.7 Å². The van der Waals surface area contributed by atoms with E-state index in [4.69, 9.17) is 18.9 Å². The molecule has 2 heterocycles. The highest BCUT2D eigenvalue weighted by Gasteiger charge is 2.40. The van der Waals surface area contributed by atoms with Crippen LogP contribution in [0.2, 0.25) is 0 Å². The van der Waals surface area contributed by atoms with Crippen LogP contribution in [0.4, 0.5) is 4.79 Å². The number of thioether (sulfide) groups is 1. The first-order chi connectivity index (χ1) is 23.9. The molecule has 0 spiro atoms. The number of benzene rings is 4. The fraction of sp³-hybridized carbons (Fsp3) is 0.289. The maximum absolute atomic E-state index is 13.1. The molecule has 2 N–H and O–H groups in total. The minimum absolute atomic E-state index is 0.0326. The first kappa shape index (κ1) is 34.2. The Balaban J connectivity index is 1.09. The molecular formula is C38H38N2O8S. The Bertz CT molecular complexity index is 1740. The predicted molar refractivity (Wildman–Crippen MR) is 182 cm³/mol. The summed E-state index contributed by atoms with van der Waals surface area (Å²) in [5.74, 6) is 0.641. The van der Waals surface area contributed by atoms with Crippen molar-refractivity contribution < 1.29 is 38.4 Å². The standard InChI is InChI=1S/C38H38N2O8S/c1-45-32-9-5-6-10-34(32)49-24-30-19-33(28-15-13-26(22-41)14-16-28)48-37(47-30)29-17-11-25(12-18-29)21-40-35(42)20-31(36(40)43)39-38(44)46-23-27-7-3-2-4-8-27/h2-18,30-31,33,37,41H,19-24H2,1H3,(H,39,44). The van der Waals surface area contributed by atoms with Crippen LogP contribution in [-0.2, 0) is 43.6 Å². The molecule has 0 aromatic heterocycles. The molecule has 254 valence electrons. The molecule has 4 aromatic carbocycles. The first-order valence-electron chi connectivity index (χ1n) is 16.1. The van der Waals surface area contributed by atoms with E-state index in [-0.39, 0.29) is 44.3 Å². The largest absolute Gasteiger partial charge is 0.496 e. The number of imide groups is 1. The zero-order valence-electron chi connectivity index (χ0n) is 27.0. The van der Waals surface area contributed by atoms with Crippen LogP contribution in [0.3, 0.4) is 0 Å². The van der Waals surface area contributed by atoms with Crippen molar-refractivity contribution in [3.8, 4) is 5.75 Å². The lowest BCUT2D eigenvalue weighted by Gasteiger charge is -2.36. The molecule has 0 saturated carbocycles. The van der Waals surface area contributed by atoms with Gasteiger partial charge < -0.3 is 29.4 Å². The van der Waals surface area contributed by atoms with Gasteiger partial charge in [-0.25, -0.2) is 4.79 Å². The van der Waals surface area contributed by atoms with Crippen molar-refractivity contribution in [1.82, 2.24) is 10.2 Å². The molecule has 0 radical (unpaired) electrons. The van der Waals surface area contributed by atoms with E-state index < -0.39 is 24.3 Å². The molecule has 10 nitrogen and oxygen atoms in total. The fourth-order valence-electron chi connectivity index (χ4n) is 5.78. The van der Waals surface area contributed by atoms with Crippen LogP contribution in [0.1, 0.15) is 53.1 Å². The number of carbonyl (C=O) groups is 3. The Morgan fingerprint density at radius 1 is 0.878 bits per heavy atom. The Morgan fingerprint density at radius 3 is 2.31 bits per heavy atom. The number of ether oxygens (including phenoxy) is 4. The third-order valence-electron chi connectivity index (χ3n) is 8.45. The number of likely N-dealkylation sites (tertiary alicyclic amines) is 1. The summed E-state index contributed by atoms with van der Waals surface area (Å²) in [4.78, 5) is 40.4. The van der Waals surface area contributed by atoms with E-state index in [1.165, 1.54) is 0 Å². The van der Waals surface area contributed by atoms with Crippen molar-refractivity contribution in [2.45, 2.75) is 62.0 Å². The summed E-state index contributed by atoms with van der Waals surface area (Å²) in [5, 5.41) is 12.0. The summed E-state index contributed by atoms with van der Waals surface area (Å²) >= 11 is 1.66. The summed E-state index contributed by atoms with van der Waals surface area (Å²) in [7, 11) is 1.66. The number of nitrogens with zero attached hydrogens (tertiary/aromatic N) is 1. The number of carbonyl (C=O) groups excluding carboxylic acids is 3. The van der Waals surface area contributed by atoms with Gasteiger partial charge in [-0.05, 0) is 34.4 Å². The quantitative estimate of drug-likeness (QED) is 0.135. The number of rotatable bonds is 12. The van der Waals surface area contributed by atoms with Gasteiger partial charge in [-0.15, -0.1) is 11.8 Å². The van der Waals surface area contributed by atoms with Gasteiger partial charge in [-0.3, -0.25) is 14.5 Å². The lowest BCUT2D eigenvalue weighted by Crippen LogP contribution is -2.41. The third kappa shape index (κ3) is 8.68. The van der Waals surface area contributed by atoms with E-state index >= 15 is 0 Å². The second-order valence-corrected chi connectivity index (χ2v) is 12.9. The maximum atomic E-state index is 13.1. The number of aliphatic hydroxyl groups excluding tert-OH is 1. The van der Waals surface area contributed by atoms with Gasteiger partial charge in [0.15, 0.2) is 6.29 Å². The van der Waals surface area contributed by atoms with Gasteiger partial charge >= 0.3 is 6.09 Å². The topological polar surface area (TPSA) is 124 Å². The van der Waals surface area contributed by atoms with Gasteiger partial charge in [0.25, 0.3) is 5.91 Å². The van der Waals surface area contributed by atoms with E-state index in [0.717, 1.165) is 43.4 Å². The number of para-hydroxylation sites is 1. The average Bonchev–Trinajstić information content (AvgIpc) is 3.40. The molecule has 11 heteroatoms. The van der Waals surface area contributed by atoms with E-state index in [1.807, 2.05) is 103 Å². The molecule has 2 fully saturated rings. The van der Waals surface area contributed by atoms with Crippen molar-refractivity contribution in [2.24, 2.45) is 0 Å². The number of hydrogen-bond acceptors (Lipinski definition) is 9. The van der Waals surface area contributed by atoms with Gasteiger partial charge in [-0.1, -0.05) is 91.0 Å². The lowest BCUT2D eigenvalue weighted by molar-refractivity contribution is -0.245. The first-order valence-corrected chi connectivity index (χ1v) is 17.1. The van der Waals surface area contributed by atoms with Crippen molar-refractivity contribution in [1.29, 1.82) is 0 Å². The Hall–Kier alpha value is -4.68. The van der Waals surface area contributed by atoms with Crippen LogP contribution in [0.25, 0.3) is 0 Å². The smallest absolute Gasteiger partial charge is 0.408 e. The molecule has 4 atom stereocenters. The molecule has 0 aliphatic carbocycles. The molecule has 4 unspecified atom stereocenters. The van der Waals surface area contributed by atoms with Crippen LogP contribution in [0.15, 0.2) is 108 Å².